The van der Waals surface area contributed by atoms with E-state index in [1.54, 1.807) is 0 Å². The van der Waals surface area contributed by atoms with E-state index in [4.69, 9.17) is 0 Å². The van der Waals surface area contributed by atoms with E-state index in [9.17, 15) is 0 Å². The van der Waals surface area contributed by atoms with Crippen molar-refractivity contribution < 1.29 is 0 Å². The number of aryl methyl sites for hydroxylation is 1. The highest BCUT2D eigenvalue weighted by Gasteiger charge is 2.26. The van der Waals surface area contributed by atoms with E-state index in [0.717, 1.165) is 19.5 Å². The minimum Gasteiger partial charge on any atom is -0.314 e. The van der Waals surface area contributed by atoms with Crippen LogP contribution in [0.15, 0.2) is 12.3 Å². The zero-order valence-corrected chi connectivity index (χ0v) is 12.0. The highest BCUT2D eigenvalue weighted by atomic mass is 15.3. The normalized spacial score (nSPS) is 13.9. The molecule has 1 heterocycles. The number of aromatic nitrogens is 2. The van der Waals surface area contributed by atoms with Gasteiger partial charge in [-0.3, -0.25) is 4.68 Å². The van der Waals surface area contributed by atoms with Gasteiger partial charge in [0.05, 0.1) is 0 Å². The summed E-state index contributed by atoms with van der Waals surface area (Å²) in [6.07, 6.45) is 4.24. The minimum atomic E-state index is 0.173. The van der Waals surface area contributed by atoms with Crippen molar-refractivity contribution in [3.05, 3.63) is 18.0 Å². The molecule has 0 spiro atoms. The molecule has 98 valence electrons. The van der Waals surface area contributed by atoms with Gasteiger partial charge in [-0.1, -0.05) is 20.8 Å². The molecule has 1 atom stereocenters. The van der Waals surface area contributed by atoms with Gasteiger partial charge < -0.3 is 5.32 Å². The molecule has 0 saturated carbocycles. The maximum Gasteiger partial charge on any atom is 0.0492 e. The SMILES string of the molecule is CCCNC(C)CC(C)(C)c1ccnn1CC. The molecule has 1 N–H and O–H groups in total. The quantitative estimate of drug-likeness (QED) is 0.790. The maximum absolute atomic E-state index is 4.37. The lowest BCUT2D eigenvalue weighted by Crippen LogP contribution is -2.34. The van der Waals surface area contributed by atoms with Gasteiger partial charge in [-0.05, 0) is 39.3 Å². The molecule has 3 heteroatoms. The molecule has 0 aliphatic rings. The minimum absolute atomic E-state index is 0.173. The van der Waals surface area contributed by atoms with E-state index >= 15 is 0 Å². The van der Waals surface area contributed by atoms with Crippen LogP contribution in [0.3, 0.4) is 0 Å². The summed E-state index contributed by atoms with van der Waals surface area (Å²) in [6, 6.07) is 2.70. The van der Waals surface area contributed by atoms with Gasteiger partial charge in [0.15, 0.2) is 0 Å². The molecule has 0 bridgehead atoms. The molecule has 17 heavy (non-hydrogen) atoms. The first-order valence-electron chi connectivity index (χ1n) is 6.77. The summed E-state index contributed by atoms with van der Waals surface area (Å²) in [5.74, 6) is 0. The Morgan fingerprint density at radius 2 is 2.12 bits per heavy atom. The zero-order chi connectivity index (χ0) is 12.9. The van der Waals surface area contributed by atoms with E-state index in [0.29, 0.717) is 6.04 Å². The van der Waals surface area contributed by atoms with Crippen LogP contribution in [-0.4, -0.2) is 22.4 Å². The van der Waals surface area contributed by atoms with Gasteiger partial charge in [-0.15, -0.1) is 0 Å². The highest BCUT2D eigenvalue weighted by molar-refractivity contribution is 5.14. The summed E-state index contributed by atoms with van der Waals surface area (Å²) in [5.41, 5.74) is 1.51. The van der Waals surface area contributed by atoms with Gasteiger partial charge in [0, 0.05) is 29.9 Å². The van der Waals surface area contributed by atoms with Crippen molar-refractivity contribution in [2.24, 2.45) is 0 Å². The van der Waals surface area contributed by atoms with Gasteiger partial charge in [-0.25, -0.2) is 0 Å². The van der Waals surface area contributed by atoms with Gasteiger partial charge in [0.1, 0.15) is 0 Å². The van der Waals surface area contributed by atoms with Gasteiger partial charge in [0.2, 0.25) is 0 Å². The first kappa shape index (κ1) is 14.2. The molecule has 1 unspecified atom stereocenters. The lowest BCUT2D eigenvalue weighted by molar-refractivity contribution is 0.365. The first-order chi connectivity index (χ1) is 8.01. The van der Waals surface area contributed by atoms with Crippen LogP contribution in [0.25, 0.3) is 0 Å². The molecule has 1 aromatic heterocycles. The standard InChI is InChI=1S/C14H27N3/c1-6-9-15-12(3)11-14(4,5)13-8-10-16-17(13)7-2/h8,10,12,15H,6-7,9,11H2,1-5H3. The second kappa shape index (κ2) is 6.20. The predicted molar refractivity (Wildman–Crippen MR) is 73.3 cm³/mol. The van der Waals surface area contributed by atoms with E-state index < -0.39 is 0 Å². The van der Waals surface area contributed by atoms with Gasteiger partial charge >= 0.3 is 0 Å². The number of rotatable bonds is 7. The average Bonchev–Trinajstić information content (AvgIpc) is 2.74. The van der Waals surface area contributed by atoms with Crippen molar-refractivity contribution in [2.45, 2.75) is 65.5 Å². The van der Waals surface area contributed by atoms with E-state index in [-0.39, 0.29) is 5.41 Å². The van der Waals surface area contributed by atoms with Crippen LogP contribution >= 0.6 is 0 Å². The zero-order valence-electron chi connectivity index (χ0n) is 12.0. The lowest BCUT2D eigenvalue weighted by atomic mass is 9.82. The van der Waals surface area contributed by atoms with E-state index in [1.807, 2.05) is 6.20 Å². The van der Waals surface area contributed by atoms with Crippen LogP contribution in [0, 0.1) is 0 Å². The Kier molecular flexibility index (Phi) is 5.19. The highest BCUT2D eigenvalue weighted by Crippen LogP contribution is 2.28. The third kappa shape index (κ3) is 3.84. The largest absolute Gasteiger partial charge is 0.314 e. The molecular formula is C14H27N3. The molecule has 0 amide bonds. The molecule has 0 aliphatic carbocycles. The molecule has 0 fully saturated rings. The molecular weight excluding hydrogens is 210 g/mol. The summed E-state index contributed by atoms with van der Waals surface area (Å²) >= 11 is 0. The van der Waals surface area contributed by atoms with Gasteiger partial charge in [-0.2, -0.15) is 5.10 Å². The number of nitrogens with zero attached hydrogens (tertiary/aromatic N) is 2. The smallest absolute Gasteiger partial charge is 0.0492 e. The van der Waals surface area contributed by atoms with Crippen molar-refractivity contribution >= 4 is 0 Å². The third-order valence-electron chi connectivity index (χ3n) is 3.27. The van der Waals surface area contributed by atoms with E-state index in [2.05, 4.69) is 55.8 Å². The monoisotopic (exact) mass is 237 g/mol. The summed E-state index contributed by atoms with van der Waals surface area (Å²) < 4.78 is 2.10. The molecule has 3 nitrogen and oxygen atoms in total. The van der Waals surface area contributed by atoms with E-state index in [1.165, 1.54) is 12.1 Å². The third-order valence-corrected chi connectivity index (χ3v) is 3.27. The Bertz CT molecular complexity index is 328. The van der Waals surface area contributed by atoms with Crippen LogP contribution in [0.2, 0.25) is 0 Å². The van der Waals surface area contributed by atoms with Crippen LogP contribution in [0.4, 0.5) is 0 Å². The van der Waals surface area contributed by atoms with Crippen molar-refractivity contribution in [1.29, 1.82) is 0 Å². The van der Waals surface area contributed by atoms with Crippen LogP contribution in [-0.2, 0) is 12.0 Å². The molecule has 0 aliphatic heterocycles. The molecule has 0 saturated heterocycles. The Labute approximate surface area is 106 Å². The lowest BCUT2D eigenvalue weighted by Gasteiger charge is -2.29. The Morgan fingerprint density at radius 1 is 1.41 bits per heavy atom. The van der Waals surface area contributed by atoms with Gasteiger partial charge in [0.25, 0.3) is 0 Å². The van der Waals surface area contributed by atoms with Crippen molar-refractivity contribution in [2.75, 3.05) is 6.54 Å². The molecule has 0 aromatic carbocycles. The second-order valence-corrected chi connectivity index (χ2v) is 5.48. The average molecular weight is 237 g/mol. The predicted octanol–water partition coefficient (Wildman–Crippen LogP) is 2.96. The number of nitrogens with one attached hydrogen (secondary N) is 1. The summed E-state index contributed by atoms with van der Waals surface area (Å²) in [4.78, 5) is 0. The van der Waals surface area contributed by atoms with Crippen molar-refractivity contribution in [3.8, 4) is 0 Å². The fourth-order valence-corrected chi connectivity index (χ4v) is 2.49. The molecule has 1 rings (SSSR count). The van der Waals surface area contributed by atoms with Crippen LogP contribution < -0.4 is 5.32 Å². The fraction of sp³-hybridized carbons (Fsp3) is 0.786. The topological polar surface area (TPSA) is 29.9 Å². The number of hydrogen-bond donors (Lipinski definition) is 1. The van der Waals surface area contributed by atoms with Crippen LogP contribution in [0.5, 0.6) is 0 Å². The Balaban J connectivity index is 2.67. The molecule has 1 aromatic rings. The summed E-state index contributed by atoms with van der Waals surface area (Å²) in [7, 11) is 0. The second-order valence-electron chi connectivity index (χ2n) is 5.48. The van der Waals surface area contributed by atoms with Crippen molar-refractivity contribution in [1.82, 2.24) is 15.1 Å². The summed E-state index contributed by atoms with van der Waals surface area (Å²) in [5, 5.41) is 7.92. The molecule has 0 radical (unpaired) electrons. The fourth-order valence-electron chi connectivity index (χ4n) is 2.49. The Hall–Kier alpha value is -0.830. The number of hydrogen-bond acceptors (Lipinski definition) is 2. The Morgan fingerprint density at radius 3 is 2.71 bits per heavy atom. The van der Waals surface area contributed by atoms with Crippen LogP contribution in [0.1, 0.15) is 53.2 Å². The first-order valence-corrected chi connectivity index (χ1v) is 6.77. The maximum atomic E-state index is 4.37. The van der Waals surface area contributed by atoms with Crippen molar-refractivity contribution in [3.63, 3.8) is 0 Å². The summed E-state index contributed by atoms with van der Waals surface area (Å²) in [6.45, 7) is 13.3.